The highest BCUT2D eigenvalue weighted by atomic mass is 28.3. The van der Waals surface area contributed by atoms with Gasteiger partial charge in [-0.25, -0.2) is 0 Å². The Kier molecular flexibility index (Phi) is 12.7. The van der Waals surface area contributed by atoms with Gasteiger partial charge in [-0.05, 0) is 110 Å². The number of fused-ring (bicyclic) bond motifs is 10. The number of anilines is 6. The highest BCUT2D eigenvalue weighted by Crippen LogP contribution is 2.54. The van der Waals surface area contributed by atoms with Crippen LogP contribution in [0.25, 0.3) is 111 Å². The van der Waals surface area contributed by atoms with Crippen LogP contribution in [0.15, 0.2) is 328 Å². The third-order valence-corrected chi connectivity index (χ3v) is 21.7. The van der Waals surface area contributed by atoms with Crippen molar-refractivity contribution in [3.05, 3.63) is 328 Å². The first-order valence-electron chi connectivity index (χ1n) is 32.4. The molecule has 0 saturated carbocycles. The van der Waals surface area contributed by atoms with E-state index in [2.05, 4.69) is 366 Å². The van der Waals surface area contributed by atoms with Gasteiger partial charge >= 0.3 is 0 Å². The molecule has 2 aliphatic rings. The molecular weight excluding hydrogens is 1140 g/mol. The van der Waals surface area contributed by atoms with Gasteiger partial charge in [0.2, 0.25) is 0 Å². The molecule has 2 aromatic heterocycles. The number of nitrogens with zero attached hydrogens (tertiary/aromatic N) is 4. The predicted octanol–water partition coefficient (Wildman–Crippen LogP) is 20.8. The molecule has 4 heterocycles. The van der Waals surface area contributed by atoms with Crippen LogP contribution in [0, 0.1) is 0 Å². The molecule has 0 radical (unpaired) electrons. The summed E-state index contributed by atoms with van der Waals surface area (Å²) in [4.78, 5) is 5.37. The van der Waals surface area contributed by atoms with E-state index < -0.39 is 8.07 Å². The van der Waals surface area contributed by atoms with E-state index in [1.54, 1.807) is 0 Å². The Morgan fingerprint density at radius 3 is 0.914 bits per heavy atom. The number of hydrogen-bond donors (Lipinski definition) is 0. The lowest BCUT2D eigenvalue weighted by atomic mass is 9.33. The van der Waals surface area contributed by atoms with Gasteiger partial charge in [-0.3, -0.25) is 0 Å². The van der Waals surface area contributed by atoms with Gasteiger partial charge in [-0.2, -0.15) is 0 Å². The summed E-state index contributed by atoms with van der Waals surface area (Å²) in [5.74, 6) is 0. The summed E-state index contributed by atoms with van der Waals surface area (Å²) >= 11 is 0. The lowest BCUT2D eigenvalue weighted by Gasteiger charge is -2.46. The zero-order valence-electron chi connectivity index (χ0n) is 52.0. The second-order valence-electron chi connectivity index (χ2n) is 26.0. The molecule has 0 spiro atoms. The summed E-state index contributed by atoms with van der Waals surface area (Å²) < 4.78 is 4.98. The monoisotopic (exact) mass is 1200 g/mol. The van der Waals surface area contributed by atoms with Crippen LogP contribution in [-0.2, 0) is 0 Å². The average Bonchev–Trinajstić information content (AvgIpc) is 0.952. The van der Waals surface area contributed by atoms with Crippen LogP contribution in [0.5, 0.6) is 0 Å². The van der Waals surface area contributed by atoms with Gasteiger partial charge in [-0.1, -0.05) is 292 Å². The molecule has 0 fully saturated rings. The first-order valence-corrected chi connectivity index (χ1v) is 35.9. The Labute approximate surface area is 543 Å². The Morgan fingerprint density at radius 1 is 0.258 bits per heavy atom. The zero-order valence-corrected chi connectivity index (χ0v) is 53.0. The zero-order chi connectivity index (χ0) is 61.9. The van der Waals surface area contributed by atoms with E-state index in [1.807, 2.05) is 0 Å². The second kappa shape index (κ2) is 21.6. The molecule has 18 rings (SSSR count). The largest absolute Gasteiger partial charge is 0.310 e. The average molecular weight is 1200 g/mol. The van der Waals surface area contributed by atoms with Crippen LogP contribution in [-0.4, -0.2) is 23.9 Å². The third kappa shape index (κ3) is 8.74. The van der Waals surface area contributed by atoms with Crippen LogP contribution in [0.2, 0.25) is 19.6 Å². The standard InChI is InChI=1S/C87H63BN4Si/c1-93(2,3)66-50-46-58(47-51-66)63-54-83-85-84(55-63)92(87-69(61-30-12-6-13-31-61)40-25-41-70(87)62-32-14-7-15-33-62)82-57-65(90-79-44-22-18-36-73(79)74-37-19-23-45-80(74)90)49-53-76(82)88(85)75-52-48-64(89-77-42-20-16-34-71(77)72-35-17-21-43-78(72)89)56-81(75)91(83)86-67(59-26-8-4-9-27-59)38-24-39-68(86)60-28-10-5-11-29-60/h4-57H,1-3H3. The van der Waals surface area contributed by atoms with E-state index in [0.717, 1.165) is 95.6 Å². The minimum Gasteiger partial charge on any atom is -0.310 e. The van der Waals surface area contributed by atoms with E-state index in [4.69, 9.17) is 0 Å². The molecule has 0 unspecified atom stereocenters. The number of aromatic nitrogens is 2. The second-order valence-corrected chi connectivity index (χ2v) is 31.0. The molecule has 0 N–H and O–H groups in total. The fourth-order valence-electron chi connectivity index (χ4n) is 15.4. The van der Waals surface area contributed by atoms with Gasteiger partial charge in [-0.15, -0.1) is 0 Å². The fraction of sp³-hybridized carbons (Fsp3) is 0.0345. The van der Waals surface area contributed by atoms with Gasteiger partial charge in [0, 0.05) is 77.9 Å². The maximum atomic E-state index is 2.68. The normalized spacial score (nSPS) is 12.6. The van der Waals surface area contributed by atoms with Crippen molar-refractivity contribution in [1.29, 1.82) is 0 Å². The Bertz CT molecular complexity index is 5070. The summed E-state index contributed by atoms with van der Waals surface area (Å²) in [6, 6.07) is 123. The molecule has 0 bridgehead atoms. The molecule has 16 aromatic rings. The first kappa shape index (κ1) is 54.5. The number of hydrogen-bond acceptors (Lipinski definition) is 2. The summed E-state index contributed by atoms with van der Waals surface area (Å²) in [6.45, 7) is 7.11. The SMILES string of the molecule is C[Si](C)(C)c1ccc(-c2cc3c4c(c2)N(c2c(-c5ccccc5)cccc2-c2ccccc2)c2cc(-n5c6ccccc6c6ccccc65)ccc2B4c2ccc(-n4c5ccccc5c5ccccc54)cc2N3c2c(-c3ccccc3)cccc2-c2ccccc2)cc1. The van der Waals surface area contributed by atoms with E-state index in [9.17, 15) is 0 Å². The molecule has 0 saturated heterocycles. The van der Waals surface area contributed by atoms with Crippen LogP contribution < -0.4 is 31.4 Å². The topological polar surface area (TPSA) is 16.3 Å². The highest BCUT2D eigenvalue weighted by Gasteiger charge is 2.46. The van der Waals surface area contributed by atoms with Crippen molar-refractivity contribution in [3.63, 3.8) is 0 Å². The fourth-order valence-corrected chi connectivity index (χ4v) is 16.6. The first-order chi connectivity index (χ1) is 45.8. The van der Waals surface area contributed by atoms with Crippen molar-refractivity contribution >= 4 is 114 Å². The van der Waals surface area contributed by atoms with Crippen molar-refractivity contribution in [2.24, 2.45) is 0 Å². The van der Waals surface area contributed by atoms with Gasteiger partial charge in [0.1, 0.15) is 0 Å². The maximum Gasteiger partial charge on any atom is 0.252 e. The maximum absolute atomic E-state index is 2.68. The molecule has 0 aliphatic carbocycles. The number of rotatable bonds is 10. The van der Waals surface area contributed by atoms with E-state index in [-0.39, 0.29) is 6.71 Å². The van der Waals surface area contributed by atoms with Gasteiger partial charge in [0.15, 0.2) is 0 Å². The molecule has 0 atom stereocenters. The van der Waals surface area contributed by atoms with Crippen molar-refractivity contribution < 1.29 is 0 Å². The quantitative estimate of drug-likeness (QED) is 0.127. The van der Waals surface area contributed by atoms with Crippen LogP contribution in [0.3, 0.4) is 0 Å². The van der Waals surface area contributed by atoms with Crippen LogP contribution in [0.4, 0.5) is 34.1 Å². The predicted molar refractivity (Wildman–Crippen MR) is 399 cm³/mol. The molecular formula is C87H63BN4Si. The Morgan fingerprint density at radius 2 is 0.581 bits per heavy atom. The summed E-state index contributed by atoms with van der Waals surface area (Å²) in [7, 11) is -1.69. The minimum atomic E-state index is -1.69. The minimum absolute atomic E-state index is 0.219. The van der Waals surface area contributed by atoms with E-state index >= 15 is 0 Å². The van der Waals surface area contributed by atoms with Crippen molar-refractivity contribution in [3.8, 4) is 67.0 Å². The third-order valence-electron chi connectivity index (χ3n) is 19.7. The van der Waals surface area contributed by atoms with E-state index in [1.165, 1.54) is 70.8 Å². The van der Waals surface area contributed by atoms with Crippen molar-refractivity contribution in [1.82, 2.24) is 9.13 Å². The van der Waals surface area contributed by atoms with Crippen LogP contribution >= 0.6 is 0 Å². The Balaban J connectivity index is 1.03. The van der Waals surface area contributed by atoms with Gasteiger partial charge in [0.25, 0.3) is 6.71 Å². The smallest absolute Gasteiger partial charge is 0.252 e. The molecule has 14 aromatic carbocycles. The summed E-state index contributed by atoms with van der Waals surface area (Å²) in [5, 5.41) is 6.35. The summed E-state index contributed by atoms with van der Waals surface area (Å²) in [5.41, 5.74) is 28.8. The molecule has 4 nitrogen and oxygen atoms in total. The molecule has 0 amide bonds. The van der Waals surface area contributed by atoms with Crippen molar-refractivity contribution in [2.45, 2.75) is 19.6 Å². The lowest BCUT2D eigenvalue weighted by Crippen LogP contribution is -2.61. The molecule has 93 heavy (non-hydrogen) atoms. The lowest BCUT2D eigenvalue weighted by molar-refractivity contribution is 1.17. The van der Waals surface area contributed by atoms with Crippen LogP contribution in [0.1, 0.15) is 0 Å². The number of benzene rings is 14. The molecule has 6 heteroatoms. The number of para-hydroxylation sites is 6. The summed E-state index contributed by atoms with van der Waals surface area (Å²) in [6.07, 6.45) is 0. The highest BCUT2D eigenvalue weighted by molar-refractivity contribution is 7.00. The molecule has 438 valence electrons. The molecule has 2 aliphatic heterocycles. The van der Waals surface area contributed by atoms with Crippen molar-refractivity contribution in [2.75, 3.05) is 9.80 Å². The van der Waals surface area contributed by atoms with Gasteiger partial charge in [0.05, 0.1) is 41.5 Å². The van der Waals surface area contributed by atoms with E-state index in [0.29, 0.717) is 0 Å². The Hall–Kier alpha value is -11.4. The van der Waals surface area contributed by atoms with Gasteiger partial charge < -0.3 is 18.9 Å².